The predicted octanol–water partition coefficient (Wildman–Crippen LogP) is 3.18. The number of likely N-dealkylation sites (N-methyl/N-ethyl adjacent to an activating group) is 1. The highest BCUT2D eigenvalue weighted by atomic mass is 127. The van der Waals surface area contributed by atoms with Gasteiger partial charge in [0.2, 0.25) is 0 Å². The first-order valence-electron chi connectivity index (χ1n) is 9.00. The van der Waals surface area contributed by atoms with Crippen LogP contribution in [0, 0.1) is 6.92 Å². The summed E-state index contributed by atoms with van der Waals surface area (Å²) in [7, 11) is 8.27. The molecule has 0 atom stereocenters. The quantitative estimate of drug-likeness (QED) is 0.390. The molecule has 1 heterocycles. The van der Waals surface area contributed by atoms with Crippen LogP contribution in [0.15, 0.2) is 34.6 Å². The maximum absolute atomic E-state index is 4.56. The van der Waals surface area contributed by atoms with E-state index in [0.29, 0.717) is 0 Å². The van der Waals surface area contributed by atoms with Crippen LogP contribution in [0.3, 0.4) is 0 Å². The number of guanidine groups is 1. The second-order valence-electron chi connectivity index (χ2n) is 7.36. The number of halogens is 1. The molecule has 0 aliphatic heterocycles. The van der Waals surface area contributed by atoms with Crippen LogP contribution >= 0.6 is 35.3 Å². The highest BCUT2D eigenvalue weighted by molar-refractivity contribution is 14.0. The van der Waals surface area contributed by atoms with Crippen LogP contribution in [0.25, 0.3) is 0 Å². The zero-order chi connectivity index (χ0) is 18.7. The van der Waals surface area contributed by atoms with Gasteiger partial charge in [-0.1, -0.05) is 24.3 Å². The summed E-state index contributed by atoms with van der Waals surface area (Å²) in [5, 5.41) is 6.83. The van der Waals surface area contributed by atoms with Crippen LogP contribution in [-0.2, 0) is 19.4 Å². The summed E-state index contributed by atoms with van der Waals surface area (Å²) in [4.78, 5) is 13.5. The van der Waals surface area contributed by atoms with Gasteiger partial charge in [0.05, 0.1) is 17.2 Å². The fraction of sp³-hybridized carbons (Fsp3) is 0.500. The van der Waals surface area contributed by atoms with Gasteiger partial charge in [0, 0.05) is 31.6 Å². The van der Waals surface area contributed by atoms with E-state index in [1.807, 2.05) is 14.0 Å². The second-order valence-corrected chi connectivity index (χ2v) is 8.42. The molecule has 0 fully saturated rings. The largest absolute Gasteiger partial charge is 0.354 e. The van der Waals surface area contributed by atoms with Crippen LogP contribution in [0.4, 0.5) is 0 Å². The lowest BCUT2D eigenvalue weighted by Crippen LogP contribution is -2.55. The zero-order valence-electron chi connectivity index (χ0n) is 16.8. The van der Waals surface area contributed by atoms with Gasteiger partial charge < -0.3 is 15.1 Å². The molecule has 0 amide bonds. The first kappa shape index (κ1) is 22.1. The van der Waals surface area contributed by atoms with E-state index in [1.165, 1.54) is 11.1 Å². The molecule has 0 bridgehead atoms. The van der Waals surface area contributed by atoms with E-state index in [9.17, 15) is 0 Å². The van der Waals surface area contributed by atoms with Crippen molar-refractivity contribution in [3.05, 3.63) is 51.5 Å². The monoisotopic (exact) mass is 499 g/mol. The van der Waals surface area contributed by atoms with E-state index in [4.69, 9.17) is 0 Å². The number of aromatic nitrogens is 1. The van der Waals surface area contributed by atoms with Crippen LogP contribution < -0.4 is 5.32 Å². The smallest absolute Gasteiger partial charge is 0.193 e. The van der Waals surface area contributed by atoms with Gasteiger partial charge in [-0.2, -0.15) is 0 Å². The van der Waals surface area contributed by atoms with Crippen molar-refractivity contribution in [2.45, 2.75) is 31.8 Å². The summed E-state index contributed by atoms with van der Waals surface area (Å²) in [5.74, 6) is 0.910. The minimum absolute atomic E-state index is 0. The van der Waals surface area contributed by atoms with E-state index in [1.54, 1.807) is 11.3 Å². The zero-order valence-corrected chi connectivity index (χ0v) is 20.0. The maximum Gasteiger partial charge on any atom is 0.193 e. The molecule has 27 heavy (non-hydrogen) atoms. The van der Waals surface area contributed by atoms with Gasteiger partial charge in [-0.25, -0.2) is 4.98 Å². The molecule has 0 spiro atoms. The third-order valence-corrected chi connectivity index (χ3v) is 6.14. The summed E-state index contributed by atoms with van der Waals surface area (Å²) in [6.07, 6.45) is 2.13. The number of nitrogens with one attached hydrogen (secondary N) is 1. The molecule has 1 aliphatic carbocycles. The molecule has 0 radical (unpaired) electrons. The molecule has 0 saturated carbocycles. The van der Waals surface area contributed by atoms with Crippen molar-refractivity contribution in [1.82, 2.24) is 20.1 Å². The highest BCUT2D eigenvalue weighted by Crippen LogP contribution is 2.33. The normalized spacial score (nSPS) is 15.4. The van der Waals surface area contributed by atoms with E-state index in [0.717, 1.165) is 42.6 Å². The fourth-order valence-electron chi connectivity index (χ4n) is 3.70. The first-order chi connectivity index (χ1) is 12.4. The van der Waals surface area contributed by atoms with Crippen LogP contribution in [0.1, 0.15) is 21.8 Å². The van der Waals surface area contributed by atoms with Gasteiger partial charge in [-0.15, -0.1) is 35.3 Å². The van der Waals surface area contributed by atoms with Gasteiger partial charge in [0.1, 0.15) is 0 Å². The Bertz CT molecular complexity index is 761. The van der Waals surface area contributed by atoms with E-state index in [2.05, 4.69) is 75.9 Å². The number of fused-ring (bicyclic) bond motifs is 1. The Kier molecular flexibility index (Phi) is 7.64. The van der Waals surface area contributed by atoms with Crippen molar-refractivity contribution in [2.75, 3.05) is 34.7 Å². The van der Waals surface area contributed by atoms with Gasteiger partial charge in [0.25, 0.3) is 0 Å². The SMILES string of the molecule is CN=C(NCC1(N(C)C)Cc2ccccc2C1)N(C)Cc1csc(C)n1.I. The van der Waals surface area contributed by atoms with Gasteiger partial charge in [-0.3, -0.25) is 4.99 Å². The number of nitrogens with zero attached hydrogens (tertiary/aromatic N) is 4. The van der Waals surface area contributed by atoms with Gasteiger partial charge >= 0.3 is 0 Å². The number of hydrogen-bond acceptors (Lipinski definition) is 4. The van der Waals surface area contributed by atoms with Crippen molar-refractivity contribution < 1.29 is 0 Å². The van der Waals surface area contributed by atoms with E-state index in [-0.39, 0.29) is 29.5 Å². The Balaban J connectivity index is 0.00000261. The number of thiazole rings is 1. The lowest BCUT2D eigenvalue weighted by molar-refractivity contribution is 0.163. The summed E-state index contributed by atoms with van der Waals surface area (Å²) >= 11 is 1.69. The standard InChI is InChI=1S/C20H29N5S.HI/c1-15-23-18(13-26-15)12-25(5)19(21-2)22-14-20(24(3)4)10-16-8-6-7-9-17(16)11-20;/h6-9,13H,10-12,14H2,1-5H3,(H,21,22);1H. The van der Waals surface area contributed by atoms with Crippen molar-refractivity contribution in [2.24, 2.45) is 4.99 Å². The number of benzene rings is 1. The summed E-state index contributed by atoms with van der Waals surface area (Å²) in [5.41, 5.74) is 4.10. The molecular weight excluding hydrogens is 469 g/mol. The first-order valence-corrected chi connectivity index (χ1v) is 9.88. The predicted molar refractivity (Wildman–Crippen MR) is 125 cm³/mol. The van der Waals surface area contributed by atoms with E-state index < -0.39 is 0 Å². The van der Waals surface area contributed by atoms with Crippen molar-refractivity contribution >= 4 is 41.3 Å². The second kappa shape index (κ2) is 9.34. The topological polar surface area (TPSA) is 43.8 Å². The minimum Gasteiger partial charge on any atom is -0.354 e. The Labute approximate surface area is 183 Å². The Hall–Kier alpha value is -1.19. The lowest BCUT2D eigenvalue weighted by Gasteiger charge is -2.37. The number of aliphatic imine (C=N–C) groups is 1. The molecule has 1 aromatic heterocycles. The Morgan fingerprint density at radius 1 is 1.22 bits per heavy atom. The third kappa shape index (κ3) is 5.00. The Morgan fingerprint density at radius 3 is 2.33 bits per heavy atom. The molecule has 3 rings (SSSR count). The molecule has 1 N–H and O–H groups in total. The third-order valence-electron chi connectivity index (χ3n) is 5.32. The molecule has 5 nitrogen and oxygen atoms in total. The molecule has 1 aliphatic rings. The molecular formula is C20H30IN5S. The molecule has 148 valence electrons. The number of aryl methyl sites for hydroxylation is 1. The highest BCUT2D eigenvalue weighted by Gasteiger charge is 2.39. The molecule has 0 saturated heterocycles. The van der Waals surface area contributed by atoms with Crippen molar-refractivity contribution in [3.8, 4) is 0 Å². The number of hydrogen-bond donors (Lipinski definition) is 1. The molecule has 2 aromatic rings. The summed E-state index contributed by atoms with van der Waals surface area (Å²) < 4.78 is 0. The average Bonchev–Trinajstić information content (AvgIpc) is 3.19. The van der Waals surface area contributed by atoms with E-state index >= 15 is 0 Å². The summed E-state index contributed by atoms with van der Waals surface area (Å²) in [6.45, 7) is 3.67. The average molecular weight is 499 g/mol. The minimum atomic E-state index is 0. The molecule has 1 aromatic carbocycles. The molecule has 7 heteroatoms. The van der Waals surface area contributed by atoms with Crippen LogP contribution in [-0.4, -0.2) is 61.0 Å². The van der Waals surface area contributed by atoms with Gasteiger partial charge in [-0.05, 0) is 45.0 Å². The molecule has 0 unspecified atom stereocenters. The number of rotatable bonds is 5. The van der Waals surface area contributed by atoms with Crippen molar-refractivity contribution in [1.29, 1.82) is 0 Å². The van der Waals surface area contributed by atoms with Gasteiger partial charge in [0.15, 0.2) is 5.96 Å². The van der Waals surface area contributed by atoms with Crippen molar-refractivity contribution in [3.63, 3.8) is 0 Å². The van der Waals surface area contributed by atoms with Crippen LogP contribution in [0.2, 0.25) is 0 Å². The summed E-state index contributed by atoms with van der Waals surface area (Å²) in [6, 6.07) is 8.79. The maximum atomic E-state index is 4.56. The fourth-order valence-corrected chi connectivity index (χ4v) is 4.30. The lowest BCUT2D eigenvalue weighted by atomic mass is 9.94. The van der Waals surface area contributed by atoms with Crippen LogP contribution in [0.5, 0.6) is 0 Å². The Morgan fingerprint density at radius 2 is 1.85 bits per heavy atom.